The van der Waals surface area contributed by atoms with Gasteiger partial charge in [0.1, 0.15) is 11.6 Å². The number of benzene rings is 2. The zero-order valence-corrected chi connectivity index (χ0v) is 24.8. The molecule has 0 radical (unpaired) electrons. The van der Waals surface area contributed by atoms with Crippen molar-refractivity contribution < 1.29 is 19.1 Å². The molecule has 2 aromatic carbocycles. The number of hydrogen-bond acceptors (Lipinski definition) is 4. The summed E-state index contributed by atoms with van der Waals surface area (Å²) in [5, 5.41) is 6.81. The van der Waals surface area contributed by atoms with Crippen molar-refractivity contribution in [1.82, 2.24) is 10.2 Å². The summed E-state index contributed by atoms with van der Waals surface area (Å²) in [7, 11) is 0. The van der Waals surface area contributed by atoms with E-state index in [0.29, 0.717) is 22.5 Å². The van der Waals surface area contributed by atoms with E-state index in [9.17, 15) is 14.4 Å². The summed E-state index contributed by atoms with van der Waals surface area (Å²) >= 11 is 6.30. The summed E-state index contributed by atoms with van der Waals surface area (Å²) in [5.74, 6) is -1.48. The van der Waals surface area contributed by atoms with E-state index in [1.54, 1.807) is 17.0 Å². The maximum atomic E-state index is 14.3. The quantitative estimate of drug-likeness (QED) is 0.464. The first-order valence-electron chi connectivity index (χ1n) is 14.7. The van der Waals surface area contributed by atoms with Gasteiger partial charge in [-0.3, -0.25) is 14.4 Å². The molecule has 7 nitrogen and oxygen atoms in total. The Bertz CT molecular complexity index is 1410. The van der Waals surface area contributed by atoms with Crippen LogP contribution in [0.2, 0.25) is 5.02 Å². The summed E-state index contributed by atoms with van der Waals surface area (Å²) < 4.78 is 6.51. The predicted molar refractivity (Wildman–Crippen MR) is 158 cm³/mol. The van der Waals surface area contributed by atoms with Crippen LogP contribution in [0.3, 0.4) is 0 Å². The van der Waals surface area contributed by atoms with Crippen LogP contribution in [0.5, 0.6) is 0 Å². The van der Waals surface area contributed by atoms with Crippen LogP contribution in [0.1, 0.15) is 49.8 Å². The van der Waals surface area contributed by atoms with E-state index >= 15 is 0 Å². The summed E-state index contributed by atoms with van der Waals surface area (Å²) in [4.78, 5) is 43.8. The Kier molecular flexibility index (Phi) is 7.23. The Balaban J connectivity index is 1.32. The van der Waals surface area contributed by atoms with Crippen LogP contribution < -0.4 is 10.6 Å². The number of fused-ring (bicyclic) bond motifs is 1. The Morgan fingerprint density at radius 2 is 1.83 bits per heavy atom. The Hall–Kier alpha value is -3.16. The number of carbonyl (C=O) groups is 3. The number of rotatable bonds is 6. The molecule has 1 spiro atoms. The molecule has 0 unspecified atom stereocenters. The van der Waals surface area contributed by atoms with Gasteiger partial charge in [-0.15, -0.1) is 0 Å². The van der Waals surface area contributed by atoms with Crippen molar-refractivity contribution in [2.24, 2.45) is 23.7 Å². The number of halogens is 1. The summed E-state index contributed by atoms with van der Waals surface area (Å²) in [6.45, 7) is 8.59. The Morgan fingerprint density at radius 3 is 2.56 bits per heavy atom. The largest absolute Gasteiger partial charge is 0.359 e. The molecule has 2 aromatic rings. The van der Waals surface area contributed by atoms with Gasteiger partial charge in [0, 0.05) is 23.3 Å². The zero-order chi connectivity index (χ0) is 29.1. The monoisotopic (exact) mass is 575 g/mol. The number of aryl methyl sites for hydroxylation is 2. The number of likely N-dealkylation sites (tertiary alicyclic amines) is 1. The molecule has 2 N–H and O–H groups in total. The first-order valence-corrected chi connectivity index (χ1v) is 15.1. The van der Waals surface area contributed by atoms with Crippen molar-refractivity contribution >= 4 is 35.0 Å². The van der Waals surface area contributed by atoms with E-state index in [1.165, 1.54) is 0 Å². The van der Waals surface area contributed by atoms with Gasteiger partial charge in [0.05, 0.1) is 17.9 Å². The van der Waals surface area contributed by atoms with Gasteiger partial charge in [0.15, 0.2) is 0 Å². The number of amides is 3. The van der Waals surface area contributed by atoms with Gasteiger partial charge < -0.3 is 20.3 Å². The molecule has 216 valence electrons. The number of anilines is 1. The first-order chi connectivity index (χ1) is 19.6. The molecule has 4 aliphatic rings. The van der Waals surface area contributed by atoms with Gasteiger partial charge in [0.2, 0.25) is 17.7 Å². The van der Waals surface area contributed by atoms with Gasteiger partial charge in [-0.05, 0) is 55.4 Å². The molecule has 1 saturated carbocycles. The lowest BCUT2D eigenvalue weighted by Crippen LogP contribution is -2.57. The third kappa shape index (κ3) is 4.77. The summed E-state index contributed by atoms with van der Waals surface area (Å²) in [6.07, 6.45) is 6.24. The molecule has 1 aliphatic carbocycles. The maximum Gasteiger partial charge on any atom is 0.246 e. The lowest BCUT2D eigenvalue weighted by Gasteiger charge is -2.38. The average molecular weight is 576 g/mol. The molecular formula is C33H38ClN3O4. The van der Waals surface area contributed by atoms with Gasteiger partial charge in [-0.1, -0.05) is 86.3 Å². The van der Waals surface area contributed by atoms with Crippen LogP contribution in [-0.2, 0) is 25.7 Å². The van der Waals surface area contributed by atoms with Crippen molar-refractivity contribution in [1.29, 1.82) is 0 Å². The van der Waals surface area contributed by atoms with Gasteiger partial charge in [-0.2, -0.15) is 0 Å². The molecular weight excluding hydrogens is 538 g/mol. The fourth-order valence-electron chi connectivity index (χ4n) is 7.27. The fraction of sp³-hybridized carbons (Fsp3) is 0.485. The van der Waals surface area contributed by atoms with Crippen molar-refractivity contribution in [2.45, 2.75) is 77.3 Å². The second-order valence-electron chi connectivity index (χ2n) is 12.5. The minimum Gasteiger partial charge on any atom is -0.359 e. The van der Waals surface area contributed by atoms with Gasteiger partial charge in [-0.25, -0.2) is 0 Å². The van der Waals surface area contributed by atoms with Crippen molar-refractivity contribution in [3.63, 3.8) is 0 Å². The highest BCUT2D eigenvalue weighted by atomic mass is 35.5. The highest BCUT2D eigenvalue weighted by Crippen LogP contribution is 2.55. The third-order valence-corrected chi connectivity index (χ3v) is 10.3. The number of nitrogens with one attached hydrogen (secondary N) is 2. The predicted octanol–water partition coefficient (Wildman–Crippen LogP) is 5.19. The molecule has 3 heterocycles. The van der Waals surface area contributed by atoms with E-state index in [2.05, 4.69) is 24.5 Å². The number of nitrogens with zero attached hydrogens (tertiary/aromatic N) is 1. The minimum atomic E-state index is -1.20. The summed E-state index contributed by atoms with van der Waals surface area (Å²) in [6, 6.07) is 12.5. The fourth-order valence-corrected chi connectivity index (χ4v) is 7.45. The SMILES string of the molecule is Cc1ccc(CN2C(=O)[C@H]3[C@H](C(=O)Nc4ccc(C)c(Cl)c4)[C@H]4C=C[C@@]3(O4)[C@@H]2C(=O)N[C@@H]2CCC[C@H](C)[C@H]2C)cc1. The second-order valence-corrected chi connectivity index (χ2v) is 12.9. The molecule has 41 heavy (non-hydrogen) atoms. The summed E-state index contributed by atoms with van der Waals surface area (Å²) in [5.41, 5.74) is 2.30. The Labute approximate surface area is 246 Å². The third-order valence-electron chi connectivity index (χ3n) is 9.87. The van der Waals surface area contributed by atoms with Crippen LogP contribution in [0.25, 0.3) is 0 Å². The number of hydrogen-bond donors (Lipinski definition) is 2. The van der Waals surface area contributed by atoms with E-state index in [-0.39, 0.29) is 30.3 Å². The second kappa shape index (κ2) is 10.6. The molecule has 3 fully saturated rings. The van der Waals surface area contributed by atoms with E-state index in [0.717, 1.165) is 36.0 Å². The molecule has 2 bridgehead atoms. The molecule has 6 rings (SSSR count). The first kappa shape index (κ1) is 28.0. The van der Waals surface area contributed by atoms with Crippen LogP contribution in [0.15, 0.2) is 54.6 Å². The lowest BCUT2D eigenvalue weighted by atomic mass is 9.73. The van der Waals surface area contributed by atoms with Crippen molar-refractivity contribution in [2.75, 3.05) is 5.32 Å². The number of ether oxygens (including phenoxy) is 1. The molecule has 0 aromatic heterocycles. The van der Waals surface area contributed by atoms with Crippen molar-refractivity contribution in [3.8, 4) is 0 Å². The normalized spacial score (nSPS) is 33.6. The van der Waals surface area contributed by atoms with Crippen LogP contribution >= 0.6 is 11.6 Å². The zero-order valence-electron chi connectivity index (χ0n) is 24.0. The average Bonchev–Trinajstić information content (AvgIpc) is 3.58. The minimum absolute atomic E-state index is 0.0333. The maximum absolute atomic E-state index is 14.3. The van der Waals surface area contributed by atoms with Crippen LogP contribution in [0, 0.1) is 37.5 Å². The Morgan fingerprint density at radius 1 is 1.07 bits per heavy atom. The molecule has 8 heteroatoms. The van der Waals surface area contributed by atoms with Gasteiger partial charge in [0.25, 0.3) is 0 Å². The molecule has 8 atom stereocenters. The standard InChI is InChI=1S/C33H38ClN3O4/c1-18-8-11-22(12-9-18)17-37-29(31(39)36-25-7-5-6-19(2)21(25)4)33-15-14-26(41-33)27(28(33)32(37)40)30(38)35-23-13-10-20(3)24(34)16-23/h8-16,19,21,25-29H,5-7,17H2,1-4H3,(H,35,38)(H,36,39)/t19-,21+,25+,26+,27+,28+,29-,33-/m0/s1. The van der Waals surface area contributed by atoms with Crippen LogP contribution in [0.4, 0.5) is 5.69 Å². The topological polar surface area (TPSA) is 87.7 Å². The molecule has 3 aliphatic heterocycles. The highest BCUT2D eigenvalue weighted by molar-refractivity contribution is 6.31. The van der Waals surface area contributed by atoms with Crippen LogP contribution in [-0.4, -0.2) is 46.4 Å². The molecule has 2 saturated heterocycles. The molecule has 3 amide bonds. The number of carbonyl (C=O) groups excluding carboxylic acids is 3. The smallest absolute Gasteiger partial charge is 0.246 e. The van der Waals surface area contributed by atoms with Crippen molar-refractivity contribution in [3.05, 3.63) is 76.3 Å². The van der Waals surface area contributed by atoms with Gasteiger partial charge >= 0.3 is 0 Å². The lowest BCUT2D eigenvalue weighted by molar-refractivity contribution is -0.142. The highest BCUT2D eigenvalue weighted by Gasteiger charge is 2.72. The van der Waals surface area contributed by atoms with E-state index < -0.39 is 29.6 Å². The van der Waals surface area contributed by atoms with E-state index in [1.807, 2.05) is 56.3 Å². The van der Waals surface area contributed by atoms with E-state index in [4.69, 9.17) is 16.3 Å².